The minimum atomic E-state index is -0.711. The van der Waals surface area contributed by atoms with E-state index in [0.29, 0.717) is 5.69 Å². The number of anilines is 2. The maximum absolute atomic E-state index is 12.2. The Balaban J connectivity index is 1.46. The van der Waals surface area contributed by atoms with E-state index in [-0.39, 0.29) is 36.1 Å². The van der Waals surface area contributed by atoms with Gasteiger partial charge in [0.2, 0.25) is 11.7 Å². The van der Waals surface area contributed by atoms with Crippen molar-refractivity contribution in [1.29, 1.82) is 0 Å². The fourth-order valence-electron chi connectivity index (χ4n) is 2.71. The molecule has 0 saturated heterocycles. The summed E-state index contributed by atoms with van der Waals surface area (Å²) >= 11 is 0. The summed E-state index contributed by atoms with van der Waals surface area (Å²) in [5.41, 5.74) is 5.79. The van der Waals surface area contributed by atoms with Crippen molar-refractivity contribution < 1.29 is 19.2 Å². The van der Waals surface area contributed by atoms with Crippen LogP contribution in [0.15, 0.2) is 30.9 Å². The van der Waals surface area contributed by atoms with Crippen molar-refractivity contribution in [3.8, 4) is 0 Å². The summed E-state index contributed by atoms with van der Waals surface area (Å²) in [6, 6.07) is 1.47. The molecule has 3 aromatic heterocycles. The fourth-order valence-corrected chi connectivity index (χ4v) is 2.71. The van der Waals surface area contributed by atoms with Gasteiger partial charge in [-0.15, -0.1) is 0 Å². The molecule has 13 nitrogen and oxygen atoms in total. The quantitative estimate of drug-likeness (QED) is 0.326. The number of H-pyrrole nitrogens is 1. The molecule has 3 rings (SSSR count). The van der Waals surface area contributed by atoms with Crippen LogP contribution in [0.25, 0.3) is 0 Å². The molecule has 13 heteroatoms. The number of carbonyl (C=O) groups excluding carboxylic acids is 4. The number of hydrogen-bond donors (Lipinski definition) is 5. The van der Waals surface area contributed by atoms with E-state index in [2.05, 4.69) is 30.9 Å². The van der Waals surface area contributed by atoms with Crippen LogP contribution in [-0.2, 0) is 18.9 Å². The van der Waals surface area contributed by atoms with Crippen molar-refractivity contribution in [1.82, 2.24) is 29.4 Å². The lowest BCUT2D eigenvalue weighted by Gasteiger charge is -2.04. The van der Waals surface area contributed by atoms with Crippen LogP contribution in [0, 0.1) is 0 Å². The summed E-state index contributed by atoms with van der Waals surface area (Å²) in [6.45, 7) is 0.0637. The standard InChI is InChI=1S/C18H21N9O4/c1-26-6-5-20-16(26)18(31)23-10-7-11(22-8-10)17(30)21-4-3-13(28)24-12-9-27(2)15(25-12)14(19)29/h5-9,22H,3-4H2,1-2H3,(H2,19,29)(H,21,30)(H,23,31)(H,24,28). The van der Waals surface area contributed by atoms with Gasteiger partial charge in [0.25, 0.3) is 17.7 Å². The second-order valence-electron chi connectivity index (χ2n) is 6.60. The first kappa shape index (κ1) is 21.3. The van der Waals surface area contributed by atoms with Crippen molar-refractivity contribution in [2.75, 3.05) is 17.2 Å². The fraction of sp³-hybridized carbons (Fsp3) is 0.222. The molecule has 0 spiro atoms. The highest BCUT2D eigenvalue weighted by Crippen LogP contribution is 2.11. The normalized spacial score (nSPS) is 10.5. The Kier molecular flexibility index (Phi) is 6.14. The van der Waals surface area contributed by atoms with Crippen molar-refractivity contribution in [3.05, 3.63) is 48.2 Å². The number of aromatic nitrogens is 5. The van der Waals surface area contributed by atoms with Gasteiger partial charge in [-0.05, 0) is 6.07 Å². The third kappa shape index (κ3) is 5.14. The molecule has 0 radical (unpaired) electrons. The molecule has 0 unspecified atom stereocenters. The van der Waals surface area contributed by atoms with E-state index in [1.165, 1.54) is 29.2 Å². The second-order valence-corrected chi connectivity index (χ2v) is 6.60. The van der Waals surface area contributed by atoms with Gasteiger partial charge in [0.1, 0.15) is 5.69 Å². The van der Waals surface area contributed by atoms with Crippen molar-refractivity contribution in [2.45, 2.75) is 6.42 Å². The monoisotopic (exact) mass is 427 g/mol. The first-order valence-electron chi connectivity index (χ1n) is 9.13. The van der Waals surface area contributed by atoms with E-state index < -0.39 is 23.6 Å². The summed E-state index contributed by atoms with van der Waals surface area (Å²) in [6.07, 6.45) is 6.06. The molecular weight excluding hydrogens is 406 g/mol. The van der Waals surface area contributed by atoms with Gasteiger partial charge in [-0.3, -0.25) is 19.2 Å². The number of aryl methyl sites for hydroxylation is 2. The van der Waals surface area contributed by atoms with Gasteiger partial charge in [0.05, 0.1) is 5.69 Å². The lowest BCUT2D eigenvalue weighted by atomic mass is 10.3. The van der Waals surface area contributed by atoms with Gasteiger partial charge >= 0.3 is 0 Å². The Hall–Kier alpha value is -4.42. The molecule has 0 aliphatic rings. The summed E-state index contributed by atoms with van der Waals surface area (Å²) in [4.78, 5) is 58.2. The molecule has 0 atom stereocenters. The van der Waals surface area contributed by atoms with Crippen molar-refractivity contribution in [3.63, 3.8) is 0 Å². The van der Waals surface area contributed by atoms with E-state index in [1.54, 1.807) is 24.9 Å². The van der Waals surface area contributed by atoms with Crippen LogP contribution in [0.3, 0.4) is 0 Å². The van der Waals surface area contributed by atoms with Crippen LogP contribution in [-0.4, -0.2) is 54.3 Å². The predicted octanol–water partition coefficient (Wildman–Crippen LogP) is -0.408. The largest absolute Gasteiger partial charge is 0.363 e. The third-order valence-corrected chi connectivity index (χ3v) is 4.21. The van der Waals surface area contributed by atoms with E-state index in [0.717, 1.165) is 0 Å². The summed E-state index contributed by atoms with van der Waals surface area (Å²) in [5, 5.41) is 7.75. The number of hydrogen-bond acceptors (Lipinski definition) is 6. The first-order valence-corrected chi connectivity index (χ1v) is 9.13. The molecule has 31 heavy (non-hydrogen) atoms. The van der Waals surface area contributed by atoms with Gasteiger partial charge in [0.15, 0.2) is 11.6 Å². The van der Waals surface area contributed by atoms with Crippen molar-refractivity contribution in [2.24, 2.45) is 19.8 Å². The number of primary amides is 1. The number of nitrogens with zero attached hydrogens (tertiary/aromatic N) is 4. The van der Waals surface area contributed by atoms with Gasteiger partial charge in [0, 0.05) is 51.8 Å². The lowest BCUT2D eigenvalue weighted by molar-refractivity contribution is -0.116. The van der Waals surface area contributed by atoms with Gasteiger partial charge in [-0.2, -0.15) is 0 Å². The molecule has 0 fully saturated rings. The minimum Gasteiger partial charge on any atom is -0.363 e. The minimum absolute atomic E-state index is 0.0150. The average Bonchev–Trinajstić information content (AvgIpc) is 3.42. The number of rotatable bonds is 8. The van der Waals surface area contributed by atoms with Crippen LogP contribution in [0.5, 0.6) is 0 Å². The number of aromatic amines is 1. The number of amides is 4. The smallest absolute Gasteiger partial charge is 0.291 e. The molecule has 3 aromatic rings. The van der Waals surface area contributed by atoms with E-state index in [1.807, 2.05) is 0 Å². The highest BCUT2D eigenvalue weighted by molar-refractivity contribution is 6.03. The molecule has 4 amide bonds. The Morgan fingerprint density at radius 2 is 1.87 bits per heavy atom. The highest BCUT2D eigenvalue weighted by atomic mass is 16.2. The zero-order chi connectivity index (χ0) is 22.5. The van der Waals surface area contributed by atoms with Crippen LogP contribution in [0.2, 0.25) is 0 Å². The molecule has 0 aliphatic heterocycles. The van der Waals surface area contributed by atoms with Gasteiger partial charge in [-0.25, -0.2) is 9.97 Å². The van der Waals surface area contributed by atoms with Crippen LogP contribution in [0.4, 0.5) is 11.5 Å². The van der Waals surface area contributed by atoms with Gasteiger partial charge < -0.3 is 35.8 Å². The van der Waals surface area contributed by atoms with Crippen LogP contribution < -0.4 is 21.7 Å². The predicted molar refractivity (Wildman–Crippen MR) is 109 cm³/mol. The summed E-state index contributed by atoms with van der Waals surface area (Å²) in [7, 11) is 3.27. The molecule has 0 saturated carbocycles. The summed E-state index contributed by atoms with van der Waals surface area (Å²) < 4.78 is 2.97. The third-order valence-electron chi connectivity index (χ3n) is 4.21. The zero-order valence-electron chi connectivity index (χ0n) is 16.8. The zero-order valence-corrected chi connectivity index (χ0v) is 16.8. The number of nitrogens with two attached hydrogens (primary N) is 1. The Labute approximate surface area is 176 Å². The topological polar surface area (TPSA) is 182 Å². The van der Waals surface area contributed by atoms with Gasteiger partial charge in [-0.1, -0.05) is 0 Å². The Morgan fingerprint density at radius 3 is 2.52 bits per heavy atom. The summed E-state index contributed by atoms with van der Waals surface area (Å²) in [5.74, 6) is -1.54. The molecular formula is C18H21N9O4. The first-order chi connectivity index (χ1) is 14.7. The molecule has 0 bridgehead atoms. The Bertz CT molecular complexity index is 1140. The van der Waals surface area contributed by atoms with Crippen LogP contribution >= 0.6 is 0 Å². The maximum Gasteiger partial charge on any atom is 0.291 e. The van der Waals surface area contributed by atoms with E-state index >= 15 is 0 Å². The molecule has 162 valence electrons. The van der Waals surface area contributed by atoms with E-state index in [9.17, 15) is 19.2 Å². The van der Waals surface area contributed by atoms with Crippen molar-refractivity contribution >= 4 is 35.1 Å². The molecule has 0 aliphatic carbocycles. The second kappa shape index (κ2) is 8.94. The molecule has 6 N–H and O–H groups in total. The SMILES string of the molecule is Cn1cc(NC(=O)CCNC(=O)c2cc(NC(=O)c3nccn3C)c[nH]2)nc1C(N)=O. The molecule has 0 aromatic carbocycles. The number of nitrogens with one attached hydrogen (secondary N) is 4. The highest BCUT2D eigenvalue weighted by Gasteiger charge is 2.15. The van der Waals surface area contributed by atoms with Crippen LogP contribution in [0.1, 0.15) is 38.1 Å². The maximum atomic E-state index is 12.2. The average molecular weight is 427 g/mol. The lowest BCUT2D eigenvalue weighted by Crippen LogP contribution is -2.28. The molecule has 3 heterocycles. The van der Waals surface area contributed by atoms with E-state index in [4.69, 9.17) is 5.73 Å². The number of carbonyl (C=O) groups is 4. The number of imidazole rings is 2. The Morgan fingerprint density at radius 1 is 1.10 bits per heavy atom.